The molecule has 28 heavy (non-hydrogen) atoms. The quantitative estimate of drug-likeness (QED) is 0.423. The number of hydrogen-bond donors (Lipinski definition) is 0. The van der Waals surface area contributed by atoms with E-state index in [-0.39, 0.29) is 4.90 Å². The van der Waals surface area contributed by atoms with Gasteiger partial charge < -0.3 is 0 Å². The van der Waals surface area contributed by atoms with Crippen molar-refractivity contribution in [1.82, 2.24) is 9.78 Å². The molecule has 0 bridgehead atoms. The summed E-state index contributed by atoms with van der Waals surface area (Å²) >= 11 is 7.69. The van der Waals surface area contributed by atoms with Crippen molar-refractivity contribution in [2.75, 3.05) is 6.26 Å². The van der Waals surface area contributed by atoms with E-state index in [1.807, 2.05) is 40.4 Å². The molecule has 0 spiro atoms. The summed E-state index contributed by atoms with van der Waals surface area (Å²) in [6, 6.07) is 18.5. The zero-order valence-corrected chi connectivity index (χ0v) is 17.6. The molecule has 0 N–H and O–H groups in total. The monoisotopic (exact) mass is 428 g/mol. The average molecular weight is 429 g/mol. The Balaban J connectivity index is 1.88. The van der Waals surface area contributed by atoms with Crippen LogP contribution in [0.2, 0.25) is 5.02 Å². The van der Waals surface area contributed by atoms with E-state index < -0.39 is 9.84 Å². The summed E-state index contributed by atoms with van der Waals surface area (Å²) in [4.78, 5) is 1.40. The molecule has 142 valence electrons. The molecule has 0 atom stereocenters. The fourth-order valence-electron chi connectivity index (χ4n) is 2.98. The molecule has 4 rings (SSSR count). The van der Waals surface area contributed by atoms with Crippen LogP contribution in [0.5, 0.6) is 0 Å². The fraction of sp³-hybridized carbons (Fsp3) is 0.0952. The minimum atomic E-state index is -3.25. The minimum absolute atomic E-state index is 0.283. The number of benzene rings is 2. The van der Waals surface area contributed by atoms with Crippen molar-refractivity contribution in [3.05, 3.63) is 76.6 Å². The van der Waals surface area contributed by atoms with Crippen LogP contribution in [0.15, 0.2) is 70.9 Å². The number of aryl methyl sites for hydroxylation is 1. The van der Waals surface area contributed by atoms with Gasteiger partial charge in [0.15, 0.2) is 9.84 Å². The number of halogens is 1. The molecule has 0 aliphatic heterocycles. The number of nitrogens with zero attached hydrogens (tertiary/aromatic N) is 2. The number of aromatic nitrogens is 2. The highest BCUT2D eigenvalue weighted by Gasteiger charge is 2.16. The van der Waals surface area contributed by atoms with E-state index in [4.69, 9.17) is 16.7 Å². The van der Waals surface area contributed by atoms with Gasteiger partial charge in [0.2, 0.25) is 0 Å². The van der Waals surface area contributed by atoms with Crippen molar-refractivity contribution in [1.29, 1.82) is 0 Å². The normalized spacial score (nSPS) is 11.7. The van der Waals surface area contributed by atoms with E-state index in [9.17, 15) is 8.42 Å². The van der Waals surface area contributed by atoms with Gasteiger partial charge in [0.25, 0.3) is 0 Å². The van der Waals surface area contributed by atoms with Crippen LogP contribution < -0.4 is 0 Å². The largest absolute Gasteiger partial charge is 0.232 e. The second-order valence-corrected chi connectivity index (χ2v) is 9.90. The smallest absolute Gasteiger partial charge is 0.175 e. The predicted octanol–water partition coefficient (Wildman–Crippen LogP) is 5.63. The van der Waals surface area contributed by atoms with Crippen molar-refractivity contribution >= 4 is 32.8 Å². The van der Waals surface area contributed by atoms with Crippen molar-refractivity contribution in [2.45, 2.75) is 11.8 Å². The van der Waals surface area contributed by atoms with Gasteiger partial charge in [-0.1, -0.05) is 23.7 Å². The van der Waals surface area contributed by atoms with Gasteiger partial charge in [-0.15, -0.1) is 11.3 Å². The van der Waals surface area contributed by atoms with Crippen molar-refractivity contribution in [3.8, 4) is 27.5 Å². The number of hydrogen-bond acceptors (Lipinski definition) is 4. The van der Waals surface area contributed by atoms with Crippen LogP contribution in [0.25, 0.3) is 27.5 Å². The van der Waals surface area contributed by atoms with E-state index in [1.54, 1.807) is 35.6 Å². The standard InChI is InChI=1S/C21H17ClN2O2S2/c1-14-11-12-27-21(14)19-13-20(15-3-5-16(22)6-4-15)24(23-19)17-7-9-18(10-8-17)28(2,25)26/h3-13H,1-2H3. The molecule has 2 aromatic carbocycles. The van der Waals surface area contributed by atoms with E-state index in [0.717, 1.165) is 27.5 Å². The molecular weight excluding hydrogens is 412 g/mol. The van der Waals surface area contributed by atoms with E-state index in [1.165, 1.54) is 11.8 Å². The summed E-state index contributed by atoms with van der Waals surface area (Å²) in [6.45, 7) is 2.06. The maximum absolute atomic E-state index is 11.8. The van der Waals surface area contributed by atoms with Gasteiger partial charge in [0.05, 0.1) is 21.2 Å². The molecule has 4 aromatic rings. The van der Waals surface area contributed by atoms with Gasteiger partial charge in [0.1, 0.15) is 5.69 Å². The van der Waals surface area contributed by atoms with Gasteiger partial charge in [-0.25, -0.2) is 13.1 Å². The van der Waals surface area contributed by atoms with Gasteiger partial charge in [-0.3, -0.25) is 0 Å². The average Bonchev–Trinajstić information content (AvgIpc) is 3.28. The number of rotatable bonds is 4. The van der Waals surface area contributed by atoms with E-state index in [2.05, 4.69) is 13.0 Å². The van der Waals surface area contributed by atoms with Crippen LogP contribution in [-0.2, 0) is 9.84 Å². The molecule has 2 aromatic heterocycles. The first-order valence-electron chi connectivity index (χ1n) is 8.54. The molecular formula is C21H17ClN2O2S2. The van der Waals surface area contributed by atoms with Crippen LogP contribution in [0.4, 0.5) is 0 Å². The summed E-state index contributed by atoms with van der Waals surface area (Å²) in [5.41, 5.74) is 4.73. The van der Waals surface area contributed by atoms with Gasteiger partial charge in [-0.2, -0.15) is 5.10 Å². The first kappa shape index (κ1) is 18.9. The summed E-state index contributed by atoms with van der Waals surface area (Å²) in [5.74, 6) is 0. The molecule has 0 saturated carbocycles. The molecule has 0 unspecified atom stereocenters. The molecule has 0 aliphatic carbocycles. The van der Waals surface area contributed by atoms with Crippen LogP contribution in [-0.4, -0.2) is 24.5 Å². The van der Waals surface area contributed by atoms with Crippen LogP contribution >= 0.6 is 22.9 Å². The van der Waals surface area contributed by atoms with E-state index in [0.29, 0.717) is 5.02 Å². The Morgan fingerprint density at radius 2 is 1.68 bits per heavy atom. The van der Waals surface area contributed by atoms with Crippen molar-refractivity contribution < 1.29 is 8.42 Å². The number of thiophene rings is 1. The molecule has 0 amide bonds. The summed E-state index contributed by atoms with van der Waals surface area (Å²) in [6.07, 6.45) is 1.20. The first-order chi connectivity index (χ1) is 13.3. The Kier molecular flexibility index (Phi) is 4.87. The Morgan fingerprint density at radius 3 is 2.25 bits per heavy atom. The Hall–Kier alpha value is -2.41. The third-order valence-corrected chi connectivity index (χ3v) is 6.87. The first-order valence-corrected chi connectivity index (χ1v) is 11.7. The highest BCUT2D eigenvalue weighted by atomic mass is 35.5. The Morgan fingerprint density at radius 1 is 1.00 bits per heavy atom. The second kappa shape index (κ2) is 7.20. The lowest BCUT2D eigenvalue weighted by molar-refractivity contribution is 0.602. The summed E-state index contributed by atoms with van der Waals surface area (Å²) in [5, 5.41) is 7.54. The van der Waals surface area contributed by atoms with Gasteiger partial charge in [0, 0.05) is 16.8 Å². The van der Waals surface area contributed by atoms with E-state index >= 15 is 0 Å². The zero-order chi connectivity index (χ0) is 19.9. The van der Waals surface area contributed by atoms with Gasteiger partial charge in [-0.05, 0) is 66.4 Å². The van der Waals surface area contributed by atoms with Crippen LogP contribution in [0.3, 0.4) is 0 Å². The lowest BCUT2D eigenvalue weighted by Gasteiger charge is -2.08. The molecule has 0 saturated heterocycles. The van der Waals surface area contributed by atoms with Crippen molar-refractivity contribution in [2.24, 2.45) is 0 Å². The summed E-state index contributed by atoms with van der Waals surface area (Å²) < 4.78 is 25.4. The molecule has 2 heterocycles. The van der Waals surface area contributed by atoms with Gasteiger partial charge >= 0.3 is 0 Å². The molecule has 0 radical (unpaired) electrons. The van der Waals surface area contributed by atoms with Crippen molar-refractivity contribution in [3.63, 3.8) is 0 Å². The lowest BCUT2D eigenvalue weighted by Crippen LogP contribution is -2.01. The predicted molar refractivity (Wildman–Crippen MR) is 115 cm³/mol. The lowest BCUT2D eigenvalue weighted by atomic mass is 10.1. The second-order valence-electron chi connectivity index (χ2n) is 6.53. The number of sulfone groups is 1. The maximum atomic E-state index is 11.8. The molecule has 4 nitrogen and oxygen atoms in total. The summed E-state index contributed by atoms with van der Waals surface area (Å²) in [7, 11) is -3.25. The SMILES string of the molecule is Cc1ccsc1-c1cc(-c2ccc(Cl)cc2)n(-c2ccc(S(C)(=O)=O)cc2)n1. The maximum Gasteiger partial charge on any atom is 0.175 e. The molecule has 0 fully saturated rings. The van der Waals surface area contributed by atoms with Crippen LogP contribution in [0, 0.1) is 6.92 Å². The minimum Gasteiger partial charge on any atom is -0.232 e. The third-order valence-electron chi connectivity index (χ3n) is 4.45. The molecule has 0 aliphatic rings. The highest BCUT2D eigenvalue weighted by molar-refractivity contribution is 7.90. The Labute approximate surface area is 173 Å². The molecule has 7 heteroatoms. The fourth-order valence-corrected chi connectivity index (χ4v) is 4.62. The third kappa shape index (κ3) is 3.63. The zero-order valence-electron chi connectivity index (χ0n) is 15.3. The topological polar surface area (TPSA) is 52.0 Å². The Bertz CT molecular complexity index is 1240. The highest BCUT2D eigenvalue weighted by Crippen LogP contribution is 2.33. The van der Waals surface area contributed by atoms with Crippen LogP contribution in [0.1, 0.15) is 5.56 Å².